The van der Waals surface area contributed by atoms with E-state index in [9.17, 15) is 5.11 Å². The number of hydrogen-bond acceptors (Lipinski definition) is 4. The Morgan fingerprint density at radius 3 is 1.85 bits per heavy atom. The summed E-state index contributed by atoms with van der Waals surface area (Å²) >= 11 is 0. The number of hydrogen-bond donors (Lipinski definition) is 1. The maximum Gasteiger partial charge on any atom is 0.202 e. The fraction of sp³-hybridized carbons (Fsp3) is 0. The first-order chi connectivity index (χ1) is 29.6. The van der Waals surface area contributed by atoms with E-state index in [0.29, 0.717) is 5.75 Å². The van der Waals surface area contributed by atoms with Gasteiger partial charge in [0.05, 0.1) is 11.0 Å². The molecular formula is C54H31BNO4. The molecule has 5 nitrogen and oxygen atoms in total. The highest BCUT2D eigenvalue weighted by Crippen LogP contribution is 2.43. The van der Waals surface area contributed by atoms with Gasteiger partial charge in [-0.1, -0.05) is 115 Å². The van der Waals surface area contributed by atoms with Crippen molar-refractivity contribution in [2.24, 2.45) is 0 Å². The standard InChI is InChI=1S/C54H31BNO4/c57-47-18-7-3-12-38(47)43-26-33(35-14-9-15-40-42-30-49-41(29-50(42)60-54(35)40)39-13-4-8-19-48(39)58-49)28-52-53(43)55-44-25-22-32(27-51(44)59-52)31-20-23-34(24-21-31)56-45-16-5-1-10-36(45)37-11-2-6-17-46(37)56/h1-30,57H. The lowest BCUT2D eigenvalue weighted by Gasteiger charge is -2.25. The van der Waals surface area contributed by atoms with E-state index in [2.05, 4.69) is 151 Å². The number of nitrogens with zero attached hydrogens (tertiary/aromatic N) is 1. The molecule has 0 unspecified atom stereocenters. The van der Waals surface area contributed by atoms with Crippen molar-refractivity contribution in [3.05, 3.63) is 182 Å². The lowest BCUT2D eigenvalue weighted by molar-refractivity contribution is 0.477. The lowest BCUT2D eigenvalue weighted by Crippen LogP contribution is -2.35. The average molecular weight is 769 g/mol. The van der Waals surface area contributed by atoms with Gasteiger partial charge >= 0.3 is 0 Å². The number of ether oxygens (including phenoxy) is 1. The Morgan fingerprint density at radius 2 is 1.05 bits per heavy atom. The van der Waals surface area contributed by atoms with Crippen molar-refractivity contribution in [1.29, 1.82) is 0 Å². The number of rotatable bonds is 4. The SMILES string of the molecule is Oc1ccccc1-c1cc(-c2cccc3c2oc2cc4c(cc23)oc2ccccc24)cc2c1[B]c1ccc(-c3ccc(-n4c5ccccc5c5ccccc54)cc3)cc1O2. The summed E-state index contributed by atoms with van der Waals surface area (Å²) in [7, 11) is 2.16. The molecule has 0 bridgehead atoms. The number of aromatic nitrogens is 1. The maximum atomic E-state index is 11.2. The van der Waals surface area contributed by atoms with Gasteiger partial charge in [-0.2, -0.15) is 0 Å². The van der Waals surface area contributed by atoms with Gasteiger partial charge in [0.15, 0.2) is 0 Å². The van der Waals surface area contributed by atoms with Gasteiger partial charge in [0, 0.05) is 49.1 Å². The normalized spacial score (nSPS) is 12.3. The van der Waals surface area contributed by atoms with Gasteiger partial charge in [-0.15, -0.1) is 0 Å². The summed E-state index contributed by atoms with van der Waals surface area (Å²) in [5, 5.41) is 17.8. The molecule has 0 spiro atoms. The summed E-state index contributed by atoms with van der Waals surface area (Å²) in [5.41, 5.74) is 14.2. The molecule has 1 aliphatic heterocycles. The van der Waals surface area contributed by atoms with Crippen molar-refractivity contribution in [3.63, 3.8) is 0 Å². The molecule has 9 aromatic carbocycles. The fourth-order valence-corrected chi connectivity index (χ4v) is 9.38. The molecule has 0 fully saturated rings. The summed E-state index contributed by atoms with van der Waals surface area (Å²) in [4.78, 5) is 0. The van der Waals surface area contributed by atoms with Gasteiger partial charge in [-0.3, -0.25) is 0 Å². The van der Waals surface area contributed by atoms with Crippen LogP contribution in [-0.2, 0) is 0 Å². The molecule has 0 atom stereocenters. The number of para-hydroxylation sites is 5. The summed E-state index contributed by atoms with van der Waals surface area (Å²) in [6.07, 6.45) is 0. The zero-order valence-electron chi connectivity index (χ0n) is 32.0. The Labute approximate surface area is 344 Å². The highest BCUT2D eigenvalue weighted by molar-refractivity contribution is 6.71. The summed E-state index contributed by atoms with van der Waals surface area (Å²) in [6, 6.07) is 62.5. The van der Waals surface area contributed by atoms with E-state index in [1.54, 1.807) is 6.07 Å². The van der Waals surface area contributed by atoms with Crippen molar-refractivity contribution in [1.82, 2.24) is 4.57 Å². The molecule has 1 aliphatic rings. The highest BCUT2D eigenvalue weighted by atomic mass is 16.5. The molecule has 4 heterocycles. The van der Waals surface area contributed by atoms with Crippen LogP contribution in [0.2, 0.25) is 0 Å². The molecule has 1 N–H and O–H groups in total. The number of furan rings is 2. The van der Waals surface area contributed by atoms with Crippen LogP contribution >= 0.6 is 0 Å². The second-order valence-corrected chi connectivity index (χ2v) is 15.6. The van der Waals surface area contributed by atoms with Crippen LogP contribution in [0, 0.1) is 0 Å². The van der Waals surface area contributed by atoms with Gasteiger partial charge in [0.25, 0.3) is 0 Å². The summed E-state index contributed by atoms with van der Waals surface area (Å²) < 4.78 is 22.2. The molecular weight excluding hydrogens is 737 g/mol. The van der Waals surface area contributed by atoms with Gasteiger partial charge in [0.1, 0.15) is 39.6 Å². The number of benzene rings is 9. The molecule has 1 radical (unpaired) electrons. The third-order valence-corrected chi connectivity index (χ3v) is 12.2. The monoisotopic (exact) mass is 768 g/mol. The van der Waals surface area contributed by atoms with E-state index < -0.39 is 0 Å². The van der Waals surface area contributed by atoms with E-state index in [-0.39, 0.29) is 5.75 Å². The van der Waals surface area contributed by atoms with Crippen LogP contribution in [0.3, 0.4) is 0 Å². The molecule has 13 rings (SSSR count). The Kier molecular flexibility index (Phi) is 6.90. The van der Waals surface area contributed by atoms with Crippen LogP contribution in [0.4, 0.5) is 0 Å². The van der Waals surface area contributed by atoms with Gasteiger partial charge in [0.2, 0.25) is 7.28 Å². The van der Waals surface area contributed by atoms with Crippen LogP contribution in [0.15, 0.2) is 191 Å². The third kappa shape index (κ3) is 4.88. The average Bonchev–Trinajstić information content (AvgIpc) is 3.96. The first-order valence-corrected chi connectivity index (χ1v) is 20.1. The topological polar surface area (TPSA) is 60.7 Å². The van der Waals surface area contributed by atoms with Crippen molar-refractivity contribution in [2.75, 3.05) is 0 Å². The van der Waals surface area contributed by atoms with E-state index >= 15 is 0 Å². The zero-order valence-corrected chi connectivity index (χ0v) is 32.0. The highest BCUT2D eigenvalue weighted by Gasteiger charge is 2.26. The maximum absolute atomic E-state index is 11.2. The molecule has 0 amide bonds. The van der Waals surface area contributed by atoms with Gasteiger partial charge < -0.3 is 23.2 Å². The zero-order chi connectivity index (χ0) is 39.5. The molecule has 60 heavy (non-hydrogen) atoms. The minimum absolute atomic E-state index is 0.201. The minimum Gasteiger partial charge on any atom is -0.507 e. The van der Waals surface area contributed by atoms with Crippen LogP contribution in [0.25, 0.3) is 105 Å². The third-order valence-electron chi connectivity index (χ3n) is 12.2. The summed E-state index contributed by atoms with van der Waals surface area (Å²) in [6.45, 7) is 0. The van der Waals surface area contributed by atoms with Crippen LogP contribution in [-0.4, -0.2) is 17.0 Å². The largest absolute Gasteiger partial charge is 0.507 e. The lowest BCUT2D eigenvalue weighted by atomic mass is 9.59. The molecule has 6 heteroatoms. The van der Waals surface area contributed by atoms with Crippen molar-refractivity contribution in [2.45, 2.75) is 0 Å². The number of fused-ring (bicyclic) bond motifs is 11. The van der Waals surface area contributed by atoms with Crippen molar-refractivity contribution >= 4 is 83.9 Å². The first kappa shape index (κ1) is 33.1. The molecule has 3 aromatic heterocycles. The number of phenols is 1. The predicted molar refractivity (Wildman–Crippen MR) is 245 cm³/mol. The van der Waals surface area contributed by atoms with Crippen LogP contribution < -0.4 is 15.7 Å². The molecule has 0 aliphatic carbocycles. The Bertz CT molecular complexity index is 3690. The quantitative estimate of drug-likeness (QED) is 0.181. The van der Waals surface area contributed by atoms with E-state index in [0.717, 1.165) is 99.6 Å². The van der Waals surface area contributed by atoms with Crippen LogP contribution in [0.1, 0.15) is 0 Å². The Hall–Kier alpha value is -7.96. The first-order valence-electron chi connectivity index (χ1n) is 20.1. The second-order valence-electron chi connectivity index (χ2n) is 15.6. The molecule has 279 valence electrons. The van der Waals surface area contributed by atoms with E-state index in [1.807, 2.05) is 36.4 Å². The molecule has 0 saturated heterocycles. The van der Waals surface area contributed by atoms with Gasteiger partial charge in [-0.25, -0.2) is 0 Å². The fourth-order valence-electron chi connectivity index (χ4n) is 9.38. The van der Waals surface area contributed by atoms with E-state index in [1.165, 1.54) is 21.8 Å². The molecule has 12 aromatic rings. The smallest absolute Gasteiger partial charge is 0.202 e. The summed E-state index contributed by atoms with van der Waals surface area (Å²) in [5.74, 6) is 1.67. The Morgan fingerprint density at radius 1 is 0.417 bits per heavy atom. The van der Waals surface area contributed by atoms with Crippen molar-refractivity contribution in [3.8, 4) is 56.3 Å². The van der Waals surface area contributed by atoms with Crippen molar-refractivity contribution < 1.29 is 18.7 Å². The van der Waals surface area contributed by atoms with Gasteiger partial charge in [-0.05, 0) is 99.9 Å². The number of phenolic OH excluding ortho intramolecular Hbond substituents is 1. The number of aromatic hydroxyl groups is 1. The van der Waals surface area contributed by atoms with E-state index in [4.69, 9.17) is 13.6 Å². The molecule has 0 saturated carbocycles. The second kappa shape index (κ2) is 12.5. The Balaban J connectivity index is 0.913. The van der Waals surface area contributed by atoms with Crippen LogP contribution in [0.5, 0.6) is 17.2 Å². The minimum atomic E-state index is 0.201. The predicted octanol–water partition coefficient (Wildman–Crippen LogP) is 13.0.